The molecule has 0 amide bonds. The lowest BCUT2D eigenvalue weighted by Gasteiger charge is -2.27. The van der Waals surface area contributed by atoms with Gasteiger partial charge in [0.1, 0.15) is 5.70 Å². The highest BCUT2D eigenvalue weighted by Crippen LogP contribution is 2.14. The van der Waals surface area contributed by atoms with Gasteiger partial charge in [0.15, 0.2) is 0 Å². The van der Waals surface area contributed by atoms with Crippen LogP contribution in [0.5, 0.6) is 0 Å². The minimum atomic E-state index is -0.212. The summed E-state index contributed by atoms with van der Waals surface area (Å²) in [6, 6.07) is 0. The fourth-order valence-corrected chi connectivity index (χ4v) is 1.42. The lowest BCUT2D eigenvalue weighted by molar-refractivity contribution is -0.138. The van der Waals surface area contributed by atoms with Crippen molar-refractivity contribution in [2.75, 3.05) is 20.2 Å². The van der Waals surface area contributed by atoms with E-state index in [0.717, 1.165) is 31.6 Å². The molecular formula is C9H15NO2. The van der Waals surface area contributed by atoms with Crippen LogP contribution < -0.4 is 0 Å². The maximum Gasteiger partial charge on any atom is 0.353 e. The number of esters is 1. The summed E-state index contributed by atoms with van der Waals surface area (Å²) in [5, 5.41) is 0. The van der Waals surface area contributed by atoms with E-state index in [0.29, 0.717) is 0 Å². The third-order valence-corrected chi connectivity index (χ3v) is 2.09. The molecule has 1 aliphatic rings. The summed E-state index contributed by atoms with van der Waals surface area (Å²) in [7, 11) is 1.42. The quantitative estimate of drug-likeness (QED) is 0.581. The Morgan fingerprint density at radius 1 is 1.75 bits per heavy atom. The van der Waals surface area contributed by atoms with Gasteiger partial charge in [-0.25, -0.2) is 4.79 Å². The van der Waals surface area contributed by atoms with Crippen molar-refractivity contribution >= 4 is 5.97 Å². The van der Waals surface area contributed by atoms with Gasteiger partial charge in [0.05, 0.1) is 7.11 Å². The highest BCUT2D eigenvalue weighted by Gasteiger charge is 2.18. The monoisotopic (exact) mass is 169 g/mol. The highest BCUT2D eigenvalue weighted by atomic mass is 16.5. The number of allylic oxidation sites excluding steroid dienone is 1. The Morgan fingerprint density at radius 2 is 2.50 bits per heavy atom. The first kappa shape index (κ1) is 9.10. The third kappa shape index (κ3) is 1.78. The second kappa shape index (κ2) is 4.14. The highest BCUT2D eigenvalue weighted by molar-refractivity contribution is 5.87. The zero-order valence-corrected chi connectivity index (χ0v) is 7.67. The largest absolute Gasteiger partial charge is 0.464 e. The normalized spacial score (nSPS) is 17.2. The fourth-order valence-electron chi connectivity index (χ4n) is 1.42. The summed E-state index contributed by atoms with van der Waals surface area (Å²) >= 11 is 0. The molecular weight excluding hydrogens is 154 g/mol. The zero-order valence-electron chi connectivity index (χ0n) is 7.67. The van der Waals surface area contributed by atoms with Gasteiger partial charge in [-0.2, -0.15) is 0 Å². The van der Waals surface area contributed by atoms with Crippen molar-refractivity contribution in [2.45, 2.75) is 19.8 Å². The lowest BCUT2D eigenvalue weighted by atomic mass is 10.1. The molecule has 0 aromatic rings. The van der Waals surface area contributed by atoms with Crippen LogP contribution in [-0.4, -0.2) is 31.1 Å². The SMILES string of the molecule is CCN1CCCC=C1C(=O)OC. The van der Waals surface area contributed by atoms with Gasteiger partial charge in [0.2, 0.25) is 0 Å². The molecule has 0 aliphatic carbocycles. The van der Waals surface area contributed by atoms with Crippen molar-refractivity contribution in [2.24, 2.45) is 0 Å². The van der Waals surface area contributed by atoms with Gasteiger partial charge in [0.25, 0.3) is 0 Å². The van der Waals surface area contributed by atoms with Gasteiger partial charge < -0.3 is 9.64 Å². The van der Waals surface area contributed by atoms with E-state index >= 15 is 0 Å². The number of nitrogens with zero attached hydrogens (tertiary/aromatic N) is 1. The van der Waals surface area contributed by atoms with E-state index in [1.165, 1.54) is 7.11 Å². The van der Waals surface area contributed by atoms with Crippen molar-refractivity contribution < 1.29 is 9.53 Å². The first-order chi connectivity index (χ1) is 5.79. The van der Waals surface area contributed by atoms with Gasteiger partial charge in [0, 0.05) is 13.1 Å². The molecule has 68 valence electrons. The Morgan fingerprint density at radius 3 is 3.08 bits per heavy atom. The number of rotatable bonds is 2. The topological polar surface area (TPSA) is 29.5 Å². The number of carbonyl (C=O) groups is 1. The number of ether oxygens (including phenoxy) is 1. The third-order valence-electron chi connectivity index (χ3n) is 2.09. The summed E-state index contributed by atoms with van der Waals surface area (Å²) < 4.78 is 4.67. The minimum Gasteiger partial charge on any atom is -0.464 e. The van der Waals surface area contributed by atoms with Crippen molar-refractivity contribution in [3.63, 3.8) is 0 Å². The number of likely N-dealkylation sites (N-methyl/N-ethyl adjacent to an activating group) is 1. The Balaban J connectivity index is 2.70. The average molecular weight is 169 g/mol. The molecule has 0 atom stereocenters. The molecule has 0 saturated heterocycles. The first-order valence-corrected chi connectivity index (χ1v) is 4.33. The summed E-state index contributed by atoms with van der Waals surface area (Å²) in [5.41, 5.74) is 0.728. The number of hydrogen-bond acceptors (Lipinski definition) is 3. The van der Waals surface area contributed by atoms with E-state index in [4.69, 9.17) is 0 Å². The fraction of sp³-hybridized carbons (Fsp3) is 0.667. The number of carbonyl (C=O) groups excluding carboxylic acids is 1. The van der Waals surface area contributed by atoms with Crippen LogP contribution in [0.1, 0.15) is 19.8 Å². The number of hydrogen-bond donors (Lipinski definition) is 0. The van der Waals surface area contributed by atoms with Crippen LogP contribution in [0.25, 0.3) is 0 Å². The van der Waals surface area contributed by atoms with E-state index in [-0.39, 0.29) is 5.97 Å². The molecule has 0 aromatic carbocycles. The van der Waals surface area contributed by atoms with E-state index < -0.39 is 0 Å². The van der Waals surface area contributed by atoms with Gasteiger partial charge >= 0.3 is 5.97 Å². The van der Waals surface area contributed by atoms with Crippen LogP contribution >= 0.6 is 0 Å². The molecule has 1 heterocycles. The van der Waals surface area contributed by atoms with Crippen molar-refractivity contribution in [3.05, 3.63) is 11.8 Å². The molecule has 0 N–H and O–H groups in total. The van der Waals surface area contributed by atoms with Gasteiger partial charge in [-0.1, -0.05) is 6.08 Å². The maximum absolute atomic E-state index is 11.2. The van der Waals surface area contributed by atoms with E-state index in [1.54, 1.807) is 0 Å². The molecule has 12 heavy (non-hydrogen) atoms. The lowest BCUT2D eigenvalue weighted by Crippen LogP contribution is -2.31. The Bertz CT molecular complexity index is 199. The van der Waals surface area contributed by atoms with Crippen LogP contribution in [0, 0.1) is 0 Å². The molecule has 0 spiro atoms. The van der Waals surface area contributed by atoms with E-state index in [1.807, 2.05) is 13.0 Å². The van der Waals surface area contributed by atoms with Crippen molar-refractivity contribution in [3.8, 4) is 0 Å². The van der Waals surface area contributed by atoms with Gasteiger partial charge in [-0.3, -0.25) is 0 Å². The molecule has 0 unspecified atom stereocenters. The molecule has 3 nitrogen and oxygen atoms in total. The van der Waals surface area contributed by atoms with Crippen LogP contribution in [0.15, 0.2) is 11.8 Å². The summed E-state index contributed by atoms with van der Waals surface area (Å²) in [4.78, 5) is 13.3. The molecule has 0 bridgehead atoms. The second-order valence-electron chi connectivity index (χ2n) is 2.80. The second-order valence-corrected chi connectivity index (χ2v) is 2.80. The molecule has 1 aliphatic heterocycles. The van der Waals surface area contributed by atoms with E-state index in [9.17, 15) is 4.79 Å². The van der Waals surface area contributed by atoms with Crippen molar-refractivity contribution in [1.29, 1.82) is 0 Å². The molecule has 1 rings (SSSR count). The molecule has 0 radical (unpaired) electrons. The zero-order chi connectivity index (χ0) is 8.97. The van der Waals surface area contributed by atoms with Gasteiger partial charge in [-0.05, 0) is 19.8 Å². The summed E-state index contributed by atoms with van der Waals surface area (Å²) in [5.74, 6) is -0.212. The Kier molecular flexibility index (Phi) is 3.14. The van der Waals surface area contributed by atoms with Crippen LogP contribution in [0.2, 0.25) is 0 Å². The predicted octanol–water partition coefficient (Wildman–Crippen LogP) is 1.16. The van der Waals surface area contributed by atoms with Crippen molar-refractivity contribution in [1.82, 2.24) is 4.90 Å². The smallest absolute Gasteiger partial charge is 0.353 e. The molecule has 0 fully saturated rings. The average Bonchev–Trinajstić information content (AvgIpc) is 2.16. The summed E-state index contributed by atoms with van der Waals surface area (Å²) in [6.07, 6.45) is 4.08. The standard InChI is InChI=1S/C9H15NO2/c1-3-10-7-5-4-6-8(10)9(11)12-2/h6H,3-5,7H2,1-2H3. The van der Waals surface area contributed by atoms with E-state index in [2.05, 4.69) is 9.64 Å². The minimum absolute atomic E-state index is 0.212. The van der Waals surface area contributed by atoms with Gasteiger partial charge in [-0.15, -0.1) is 0 Å². The molecule has 0 saturated carbocycles. The van der Waals surface area contributed by atoms with Crippen LogP contribution in [0.3, 0.4) is 0 Å². The molecule has 3 heteroatoms. The van der Waals surface area contributed by atoms with Crippen LogP contribution in [-0.2, 0) is 9.53 Å². The maximum atomic E-state index is 11.2. The predicted molar refractivity (Wildman–Crippen MR) is 46.6 cm³/mol. The first-order valence-electron chi connectivity index (χ1n) is 4.33. The Hall–Kier alpha value is -0.990. The summed E-state index contributed by atoms with van der Waals surface area (Å²) in [6.45, 7) is 3.89. The Labute approximate surface area is 73.0 Å². The van der Waals surface area contributed by atoms with Crippen LogP contribution in [0.4, 0.5) is 0 Å². The molecule has 0 aromatic heterocycles. The number of methoxy groups -OCH3 is 1.